The molecule has 130 valence electrons. The molecule has 0 aliphatic carbocycles. The van der Waals surface area contributed by atoms with Gasteiger partial charge < -0.3 is 10.6 Å². The molecule has 3 rings (SSSR count). The Balaban J connectivity index is 1.73. The van der Waals surface area contributed by atoms with Crippen LogP contribution < -0.4 is 10.6 Å². The molecule has 3 aromatic rings. The smallest absolute Gasteiger partial charge is 0.274 e. The highest BCUT2D eigenvalue weighted by molar-refractivity contribution is 6.07. The van der Waals surface area contributed by atoms with Gasteiger partial charge in [-0.05, 0) is 61.0 Å². The van der Waals surface area contributed by atoms with Crippen molar-refractivity contribution in [1.82, 2.24) is 4.98 Å². The number of nitrogens with zero attached hydrogens (tertiary/aromatic N) is 1. The highest BCUT2D eigenvalue weighted by Gasteiger charge is 2.12. The normalized spacial score (nSPS) is 10.2. The molecule has 0 unspecified atom stereocenters. The van der Waals surface area contributed by atoms with Gasteiger partial charge in [-0.25, -0.2) is 4.39 Å². The van der Waals surface area contributed by atoms with Crippen molar-refractivity contribution in [3.63, 3.8) is 0 Å². The van der Waals surface area contributed by atoms with Gasteiger partial charge in [-0.1, -0.05) is 12.1 Å². The molecule has 0 aliphatic heterocycles. The zero-order chi connectivity index (χ0) is 18.5. The van der Waals surface area contributed by atoms with Crippen molar-refractivity contribution in [3.8, 4) is 0 Å². The number of aromatic nitrogens is 1. The van der Waals surface area contributed by atoms with Crippen molar-refractivity contribution in [1.29, 1.82) is 0 Å². The first-order valence-electron chi connectivity index (χ1n) is 7.92. The maximum Gasteiger partial charge on any atom is 0.274 e. The van der Waals surface area contributed by atoms with Crippen LogP contribution in [0.3, 0.4) is 0 Å². The molecule has 0 spiro atoms. The third-order valence-corrected chi connectivity index (χ3v) is 3.63. The average molecular weight is 349 g/mol. The van der Waals surface area contributed by atoms with E-state index in [1.807, 2.05) is 25.1 Å². The number of amides is 2. The minimum Gasteiger partial charge on any atom is -0.322 e. The number of benzene rings is 2. The van der Waals surface area contributed by atoms with Crippen molar-refractivity contribution in [2.24, 2.45) is 0 Å². The summed E-state index contributed by atoms with van der Waals surface area (Å²) in [7, 11) is 0. The lowest BCUT2D eigenvalue weighted by molar-refractivity contribution is 0.102. The Morgan fingerprint density at radius 3 is 2.35 bits per heavy atom. The molecule has 2 amide bonds. The van der Waals surface area contributed by atoms with Gasteiger partial charge >= 0.3 is 0 Å². The summed E-state index contributed by atoms with van der Waals surface area (Å²) in [4.78, 5) is 28.7. The van der Waals surface area contributed by atoms with Crippen molar-refractivity contribution >= 4 is 23.2 Å². The SMILES string of the molecule is Cc1cccc(NC(=O)c2ccnc(C(=O)Nc3ccc(F)cc3)c2)c1. The van der Waals surface area contributed by atoms with Crippen LogP contribution in [0.2, 0.25) is 0 Å². The Labute approximate surface area is 149 Å². The first kappa shape index (κ1) is 17.3. The largest absolute Gasteiger partial charge is 0.322 e. The van der Waals surface area contributed by atoms with Crippen molar-refractivity contribution < 1.29 is 14.0 Å². The molecule has 0 saturated heterocycles. The van der Waals surface area contributed by atoms with E-state index in [9.17, 15) is 14.0 Å². The number of carbonyl (C=O) groups excluding carboxylic acids is 2. The predicted molar refractivity (Wildman–Crippen MR) is 97.7 cm³/mol. The standard InChI is InChI=1S/C20H16FN3O2/c1-13-3-2-4-17(11-13)24-19(25)14-9-10-22-18(12-14)20(26)23-16-7-5-15(21)6-8-16/h2-12H,1H3,(H,23,26)(H,24,25). The van der Waals surface area contributed by atoms with Gasteiger partial charge in [0.15, 0.2) is 0 Å². The number of carbonyl (C=O) groups is 2. The van der Waals surface area contributed by atoms with E-state index in [0.717, 1.165) is 5.56 Å². The van der Waals surface area contributed by atoms with E-state index < -0.39 is 11.7 Å². The van der Waals surface area contributed by atoms with Crippen molar-refractivity contribution in [3.05, 3.63) is 89.5 Å². The lowest BCUT2D eigenvalue weighted by Crippen LogP contribution is -2.17. The highest BCUT2D eigenvalue weighted by atomic mass is 19.1. The summed E-state index contributed by atoms with van der Waals surface area (Å²) in [6.07, 6.45) is 1.39. The fourth-order valence-corrected chi connectivity index (χ4v) is 2.35. The van der Waals surface area contributed by atoms with Gasteiger partial charge in [0.05, 0.1) is 0 Å². The molecule has 1 aromatic heterocycles. The third-order valence-electron chi connectivity index (χ3n) is 3.63. The zero-order valence-corrected chi connectivity index (χ0v) is 14.0. The molecular weight excluding hydrogens is 333 g/mol. The second-order valence-corrected chi connectivity index (χ2v) is 5.71. The second kappa shape index (κ2) is 7.57. The average Bonchev–Trinajstić information content (AvgIpc) is 2.64. The molecule has 0 atom stereocenters. The minimum atomic E-state index is -0.484. The Bertz CT molecular complexity index is 955. The summed E-state index contributed by atoms with van der Waals surface area (Å²) in [5.74, 6) is -1.22. The molecule has 1 heterocycles. The highest BCUT2D eigenvalue weighted by Crippen LogP contribution is 2.13. The molecule has 2 N–H and O–H groups in total. The quantitative estimate of drug-likeness (QED) is 0.747. The van der Waals surface area contributed by atoms with Gasteiger partial charge in [0.25, 0.3) is 11.8 Å². The molecule has 0 fully saturated rings. The summed E-state index contributed by atoms with van der Waals surface area (Å²) in [5, 5.41) is 5.39. The summed E-state index contributed by atoms with van der Waals surface area (Å²) < 4.78 is 12.9. The van der Waals surface area contributed by atoms with Gasteiger partial charge in [-0.15, -0.1) is 0 Å². The molecule has 6 heteroatoms. The van der Waals surface area contributed by atoms with Crippen molar-refractivity contribution in [2.45, 2.75) is 6.92 Å². The van der Waals surface area contributed by atoms with Crippen LogP contribution in [0.5, 0.6) is 0 Å². The molecular formula is C20H16FN3O2. The van der Waals surface area contributed by atoms with E-state index in [1.165, 1.54) is 42.6 Å². The van der Waals surface area contributed by atoms with Crippen LogP contribution >= 0.6 is 0 Å². The van der Waals surface area contributed by atoms with E-state index in [0.29, 0.717) is 16.9 Å². The molecule has 0 aliphatic rings. The number of rotatable bonds is 4. The van der Waals surface area contributed by atoms with E-state index in [-0.39, 0.29) is 11.6 Å². The van der Waals surface area contributed by atoms with Crippen LogP contribution in [0.15, 0.2) is 66.9 Å². The number of hydrogen-bond acceptors (Lipinski definition) is 3. The fourth-order valence-electron chi connectivity index (χ4n) is 2.35. The summed E-state index contributed by atoms with van der Waals surface area (Å²) >= 11 is 0. The molecule has 5 nitrogen and oxygen atoms in total. The Morgan fingerprint density at radius 1 is 0.885 bits per heavy atom. The van der Waals surface area contributed by atoms with Gasteiger partial charge in [0.2, 0.25) is 0 Å². The van der Waals surface area contributed by atoms with Gasteiger partial charge in [-0.3, -0.25) is 14.6 Å². The second-order valence-electron chi connectivity index (χ2n) is 5.71. The maximum absolute atomic E-state index is 12.9. The predicted octanol–water partition coefficient (Wildman–Crippen LogP) is 4.03. The zero-order valence-electron chi connectivity index (χ0n) is 14.0. The van der Waals surface area contributed by atoms with Crippen LogP contribution in [0, 0.1) is 12.7 Å². The van der Waals surface area contributed by atoms with E-state index in [1.54, 1.807) is 6.07 Å². The third kappa shape index (κ3) is 4.30. The van der Waals surface area contributed by atoms with Gasteiger partial charge in [-0.2, -0.15) is 0 Å². The summed E-state index contributed by atoms with van der Waals surface area (Å²) in [6, 6.07) is 15.7. The number of pyridine rings is 1. The summed E-state index contributed by atoms with van der Waals surface area (Å²) in [5.41, 5.74) is 2.53. The topological polar surface area (TPSA) is 71.1 Å². The molecule has 2 aromatic carbocycles. The Kier molecular flexibility index (Phi) is 5.03. The molecule has 0 saturated carbocycles. The maximum atomic E-state index is 12.9. The van der Waals surface area contributed by atoms with E-state index >= 15 is 0 Å². The number of anilines is 2. The van der Waals surface area contributed by atoms with Gasteiger partial charge in [0.1, 0.15) is 11.5 Å². The van der Waals surface area contributed by atoms with Gasteiger partial charge in [0, 0.05) is 23.1 Å². The Morgan fingerprint density at radius 2 is 1.62 bits per heavy atom. The van der Waals surface area contributed by atoms with Crippen LogP contribution in [0.1, 0.15) is 26.4 Å². The number of hydrogen-bond donors (Lipinski definition) is 2. The minimum absolute atomic E-state index is 0.0891. The first-order chi connectivity index (χ1) is 12.5. The van der Waals surface area contributed by atoms with Crippen LogP contribution in [-0.2, 0) is 0 Å². The Hall–Kier alpha value is -3.54. The van der Waals surface area contributed by atoms with E-state index in [2.05, 4.69) is 15.6 Å². The first-order valence-corrected chi connectivity index (χ1v) is 7.92. The van der Waals surface area contributed by atoms with Crippen LogP contribution in [0.4, 0.5) is 15.8 Å². The fraction of sp³-hybridized carbons (Fsp3) is 0.0500. The van der Waals surface area contributed by atoms with E-state index in [4.69, 9.17) is 0 Å². The molecule has 26 heavy (non-hydrogen) atoms. The monoisotopic (exact) mass is 349 g/mol. The van der Waals surface area contributed by atoms with Crippen molar-refractivity contribution in [2.75, 3.05) is 10.6 Å². The molecule has 0 radical (unpaired) electrons. The number of aryl methyl sites for hydroxylation is 1. The summed E-state index contributed by atoms with van der Waals surface area (Å²) in [6.45, 7) is 1.93. The van der Waals surface area contributed by atoms with Crippen LogP contribution in [0.25, 0.3) is 0 Å². The van der Waals surface area contributed by atoms with Crippen LogP contribution in [-0.4, -0.2) is 16.8 Å². The number of halogens is 1. The molecule has 0 bridgehead atoms. The lowest BCUT2D eigenvalue weighted by atomic mass is 10.2. The number of nitrogens with one attached hydrogen (secondary N) is 2. The lowest BCUT2D eigenvalue weighted by Gasteiger charge is -2.08.